The minimum Gasteiger partial charge on any atom is -0.480 e. The van der Waals surface area contributed by atoms with Crippen molar-refractivity contribution in [3.63, 3.8) is 0 Å². The molecule has 7 heteroatoms. The van der Waals surface area contributed by atoms with Gasteiger partial charge in [0.15, 0.2) is 15.1 Å². The second-order valence-corrected chi connectivity index (χ2v) is 7.65. The van der Waals surface area contributed by atoms with Crippen LogP contribution < -0.4 is 5.32 Å². The van der Waals surface area contributed by atoms with Crippen LogP contribution in [-0.2, 0) is 19.4 Å². The highest BCUT2D eigenvalue weighted by Gasteiger charge is 2.37. The van der Waals surface area contributed by atoms with Gasteiger partial charge in [-0.3, -0.25) is 9.59 Å². The quantitative estimate of drug-likeness (QED) is 0.777. The molecule has 1 amide bonds. The predicted octanol–water partition coefficient (Wildman–Crippen LogP) is 0.712. The molecule has 2 N–H and O–H groups in total. The number of rotatable bonds is 5. The molecule has 0 aromatic carbocycles. The highest BCUT2D eigenvalue weighted by molar-refractivity contribution is 7.94. The number of carbonyl (C=O) groups is 2. The summed E-state index contributed by atoms with van der Waals surface area (Å²) in [4.78, 5) is 22.7. The third-order valence-electron chi connectivity index (χ3n) is 3.65. The summed E-state index contributed by atoms with van der Waals surface area (Å²) < 4.78 is 23.8. The Hall–Kier alpha value is -1.11. The summed E-state index contributed by atoms with van der Waals surface area (Å²) in [7, 11) is -4.00. The third-order valence-corrected chi connectivity index (χ3v) is 6.04. The first-order chi connectivity index (χ1) is 8.76. The van der Waals surface area contributed by atoms with E-state index in [-0.39, 0.29) is 6.04 Å². The second-order valence-electron chi connectivity index (χ2n) is 5.06. The van der Waals surface area contributed by atoms with Crippen LogP contribution in [0.15, 0.2) is 0 Å². The van der Waals surface area contributed by atoms with Crippen molar-refractivity contribution in [2.45, 2.75) is 62.5 Å². The number of amides is 1. The molecule has 0 aromatic rings. The number of carboxylic acids is 1. The average Bonchev–Trinajstić information content (AvgIpc) is 2.37. The van der Waals surface area contributed by atoms with Crippen LogP contribution >= 0.6 is 0 Å². The molecular weight excluding hydrogens is 270 g/mol. The monoisotopic (exact) mass is 291 g/mol. The minimum atomic E-state index is -4.00. The zero-order chi connectivity index (χ0) is 14.6. The lowest BCUT2D eigenvalue weighted by Gasteiger charge is -2.24. The van der Waals surface area contributed by atoms with Gasteiger partial charge in [-0.15, -0.1) is 0 Å². The minimum absolute atomic E-state index is 0.0130. The van der Waals surface area contributed by atoms with Crippen LogP contribution in [0.1, 0.15) is 46.0 Å². The Morgan fingerprint density at radius 3 is 2.11 bits per heavy atom. The Morgan fingerprint density at radius 1 is 1.11 bits per heavy atom. The van der Waals surface area contributed by atoms with E-state index in [9.17, 15) is 18.0 Å². The first-order valence-corrected chi connectivity index (χ1v) is 8.13. The molecule has 0 bridgehead atoms. The van der Waals surface area contributed by atoms with Crippen LogP contribution in [0.3, 0.4) is 0 Å². The summed E-state index contributed by atoms with van der Waals surface area (Å²) in [5.74, 6) is -2.03. The van der Waals surface area contributed by atoms with Gasteiger partial charge in [-0.25, -0.2) is 8.42 Å². The van der Waals surface area contributed by atoms with E-state index in [1.165, 1.54) is 6.92 Å². The van der Waals surface area contributed by atoms with Crippen LogP contribution in [0.4, 0.5) is 0 Å². The fourth-order valence-corrected chi connectivity index (χ4v) is 3.42. The van der Waals surface area contributed by atoms with Crippen molar-refractivity contribution in [3.8, 4) is 0 Å². The molecule has 1 rings (SSSR count). The standard InChI is InChI=1S/C12H21NO5S/c1-8(19(17,18)9(2)12(15)16)11(14)13-10-6-4-3-5-7-10/h8-10H,3-7H2,1-2H3,(H,13,14)(H,15,16). The molecule has 0 heterocycles. The van der Waals surface area contributed by atoms with E-state index in [1.807, 2.05) is 0 Å². The van der Waals surface area contributed by atoms with Gasteiger partial charge in [-0.05, 0) is 26.7 Å². The summed E-state index contributed by atoms with van der Waals surface area (Å²) >= 11 is 0. The number of hydrogen-bond acceptors (Lipinski definition) is 4. The van der Waals surface area contributed by atoms with Crippen LogP contribution in [0.25, 0.3) is 0 Å². The van der Waals surface area contributed by atoms with Gasteiger partial charge in [0, 0.05) is 6.04 Å². The van der Waals surface area contributed by atoms with Crippen LogP contribution in [-0.4, -0.2) is 41.9 Å². The number of hydrogen-bond donors (Lipinski definition) is 2. The molecule has 0 aliphatic heterocycles. The topological polar surface area (TPSA) is 101 Å². The maximum atomic E-state index is 11.9. The largest absolute Gasteiger partial charge is 0.480 e. The molecular formula is C12H21NO5S. The molecule has 1 fully saturated rings. The van der Waals surface area contributed by atoms with Gasteiger partial charge in [0.05, 0.1) is 0 Å². The van der Waals surface area contributed by atoms with Gasteiger partial charge in [0.2, 0.25) is 5.91 Å². The van der Waals surface area contributed by atoms with E-state index in [0.717, 1.165) is 39.0 Å². The lowest BCUT2D eigenvalue weighted by atomic mass is 9.95. The molecule has 0 saturated heterocycles. The fourth-order valence-electron chi connectivity index (χ4n) is 2.16. The van der Waals surface area contributed by atoms with Crippen molar-refractivity contribution in [1.29, 1.82) is 0 Å². The van der Waals surface area contributed by atoms with E-state index < -0.39 is 32.2 Å². The van der Waals surface area contributed by atoms with Crippen LogP contribution in [0.5, 0.6) is 0 Å². The van der Waals surface area contributed by atoms with Gasteiger partial charge in [-0.1, -0.05) is 19.3 Å². The van der Waals surface area contributed by atoms with E-state index in [1.54, 1.807) is 0 Å². The first kappa shape index (κ1) is 15.9. The Balaban J connectivity index is 2.67. The van der Waals surface area contributed by atoms with E-state index >= 15 is 0 Å². The number of aliphatic carboxylic acids is 1. The lowest BCUT2D eigenvalue weighted by molar-refractivity contribution is -0.136. The molecule has 2 atom stereocenters. The van der Waals surface area contributed by atoms with Crippen LogP contribution in [0, 0.1) is 0 Å². The molecule has 1 aliphatic carbocycles. The van der Waals surface area contributed by atoms with Crippen molar-refractivity contribution in [2.24, 2.45) is 0 Å². The molecule has 110 valence electrons. The van der Waals surface area contributed by atoms with Gasteiger partial charge in [0.25, 0.3) is 0 Å². The van der Waals surface area contributed by atoms with Gasteiger partial charge >= 0.3 is 5.97 Å². The zero-order valence-corrected chi connectivity index (χ0v) is 12.1. The van der Waals surface area contributed by atoms with Crippen LogP contribution in [0.2, 0.25) is 0 Å². The molecule has 1 saturated carbocycles. The molecule has 19 heavy (non-hydrogen) atoms. The smallest absolute Gasteiger partial charge is 0.321 e. The maximum Gasteiger partial charge on any atom is 0.321 e. The third kappa shape index (κ3) is 3.92. The zero-order valence-electron chi connectivity index (χ0n) is 11.3. The molecule has 0 radical (unpaired) electrons. The number of carbonyl (C=O) groups excluding carboxylic acids is 1. The lowest BCUT2D eigenvalue weighted by Crippen LogP contribution is -2.47. The summed E-state index contributed by atoms with van der Waals surface area (Å²) in [6.45, 7) is 2.33. The highest BCUT2D eigenvalue weighted by Crippen LogP contribution is 2.18. The normalized spacial score (nSPS) is 20.5. The van der Waals surface area contributed by atoms with E-state index in [4.69, 9.17) is 5.11 Å². The molecule has 0 aromatic heterocycles. The maximum absolute atomic E-state index is 11.9. The highest BCUT2D eigenvalue weighted by atomic mass is 32.2. The van der Waals surface area contributed by atoms with E-state index in [0.29, 0.717) is 0 Å². The van der Waals surface area contributed by atoms with Gasteiger partial charge in [-0.2, -0.15) is 0 Å². The Kier molecular flexibility index (Phi) is 5.34. The number of carboxylic acid groups (broad SMARTS) is 1. The summed E-state index contributed by atoms with van der Waals surface area (Å²) in [6, 6.07) is 0.0130. The Morgan fingerprint density at radius 2 is 1.63 bits per heavy atom. The summed E-state index contributed by atoms with van der Waals surface area (Å²) in [5.41, 5.74) is 0. The van der Waals surface area contributed by atoms with Crippen molar-refractivity contribution < 1.29 is 23.1 Å². The fraction of sp³-hybridized carbons (Fsp3) is 0.833. The summed E-state index contributed by atoms with van der Waals surface area (Å²) in [6.07, 6.45) is 4.89. The van der Waals surface area contributed by atoms with Crippen molar-refractivity contribution in [3.05, 3.63) is 0 Å². The average molecular weight is 291 g/mol. The molecule has 1 aliphatic rings. The van der Waals surface area contributed by atoms with Crippen molar-refractivity contribution >= 4 is 21.7 Å². The second kappa shape index (κ2) is 6.36. The van der Waals surface area contributed by atoms with Gasteiger partial charge in [0.1, 0.15) is 5.25 Å². The predicted molar refractivity (Wildman–Crippen MR) is 70.5 cm³/mol. The van der Waals surface area contributed by atoms with Crippen molar-refractivity contribution in [1.82, 2.24) is 5.32 Å². The molecule has 6 nitrogen and oxygen atoms in total. The first-order valence-electron chi connectivity index (χ1n) is 6.52. The SMILES string of the molecule is CC(C(=O)O)S(=O)(=O)C(C)C(=O)NC1CCCCC1. The van der Waals surface area contributed by atoms with Crippen molar-refractivity contribution in [2.75, 3.05) is 0 Å². The number of sulfone groups is 1. The Labute approximate surface area is 113 Å². The summed E-state index contributed by atoms with van der Waals surface area (Å²) in [5, 5.41) is 8.56. The van der Waals surface area contributed by atoms with Gasteiger partial charge < -0.3 is 10.4 Å². The Bertz CT molecular complexity index is 439. The number of nitrogens with one attached hydrogen (secondary N) is 1. The molecule has 0 spiro atoms. The van der Waals surface area contributed by atoms with E-state index in [2.05, 4.69) is 5.32 Å². The molecule has 2 unspecified atom stereocenters.